The lowest BCUT2D eigenvalue weighted by Gasteiger charge is -2.39. The van der Waals surface area contributed by atoms with Crippen LogP contribution in [-0.2, 0) is 4.74 Å². The number of aromatic hydroxyl groups is 1. The first-order chi connectivity index (χ1) is 14.0. The van der Waals surface area contributed by atoms with Crippen molar-refractivity contribution in [3.63, 3.8) is 0 Å². The van der Waals surface area contributed by atoms with Crippen LogP contribution in [-0.4, -0.2) is 62.8 Å². The van der Waals surface area contributed by atoms with Gasteiger partial charge >= 0.3 is 11.3 Å². The molecule has 0 amide bonds. The second kappa shape index (κ2) is 7.94. The Morgan fingerprint density at radius 2 is 1.72 bits per heavy atom. The molecule has 1 aliphatic rings. The van der Waals surface area contributed by atoms with Crippen LogP contribution in [0.15, 0.2) is 59.0 Å². The van der Waals surface area contributed by atoms with Crippen LogP contribution in [0.4, 0.5) is 0 Å². The number of rotatable bonds is 4. The predicted octanol–water partition coefficient (Wildman–Crippen LogP) is 1.27. The van der Waals surface area contributed by atoms with E-state index in [2.05, 4.69) is 0 Å². The van der Waals surface area contributed by atoms with Gasteiger partial charge < -0.3 is 35.0 Å². The van der Waals surface area contributed by atoms with E-state index >= 15 is 0 Å². The van der Waals surface area contributed by atoms with Crippen molar-refractivity contribution in [3.05, 3.63) is 54.6 Å². The van der Waals surface area contributed by atoms with Crippen molar-refractivity contribution >= 4 is 11.0 Å². The maximum atomic E-state index is 10.4. The van der Waals surface area contributed by atoms with Gasteiger partial charge in [-0.3, -0.25) is 0 Å². The van der Waals surface area contributed by atoms with Crippen molar-refractivity contribution < 1.29 is 39.4 Å². The zero-order valence-corrected chi connectivity index (χ0v) is 15.3. The first-order valence-electron chi connectivity index (χ1n) is 9.10. The molecule has 8 heteroatoms. The third-order valence-electron chi connectivity index (χ3n) is 4.85. The topological polar surface area (TPSA) is 131 Å². The average Bonchev–Trinajstić information content (AvgIpc) is 2.74. The van der Waals surface area contributed by atoms with Crippen molar-refractivity contribution in [1.82, 2.24) is 0 Å². The van der Waals surface area contributed by atoms with Crippen molar-refractivity contribution in [2.24, 2.45) is 0 Å². The summed E-state index contributed by atoms with van der Waals surface area (Å²) in [6, 6.07) is 15.4. The van der Waals surface area contributed by atoms with Crippen LogP contribution in [0, 0.1) is 0 Å². The van der Waals surface area contributed by atoms with Crippen molar-refractivity contribution in [2.45, 2.75) is 30.7 Å². The predicted molar refractivity (Wildman–Crippen MR) is 102 cm³/mol. The zero-order valence-electron chi connectivity index (χ0n) is 15.3. The first-order valence-corrected chi connectivity index (χ1v) is 9.10. The van der Waals surface area contributed by atoms with Gasteiger partial charge in [0.2, 0.25) is 12.0 Å². The molecule has 0 spiro atoms. The minimum absolute atomic E-state index is 0.0475. The zero-order chi connectivity index (χ0) is 20.5. The van der Waals surface area contributed by atoms with Crippen LogP contribution in [0.3, 0.4) is 0 Å². The highest BCUT2D eigenvalue weighted by molar-refractivity contribution is 5.82. The molecule has 0 saturated carbocycles. The summed E-state index contributed by atoms with van der Waals surface area (Å²) in [4.78, 5) is 0. The van der Waals surface area contributed by atoms with Crippen LogP contribution < -0.4 is 4.74 Å². The van der Waals surface area contributed by atoms with E-state index in [1.54, 1.807) is 36.4 Å². The second-order valence-corrected chi connectivity index (χ2v) is 6.84. The maximum Gasteiger partial charge on any atom is 0.402 e. The van der Waals surface area contributed by atoms with E-state index in [0.717, 1.165) is 5.39 Å². The van der Waals surface area contributed by atoms with Gasteiger partial charge in [-0.25, -0.2) is 4.42 Å². The van der Waals surface area contributed by atoms with E-state index in [1.165, 1.54) is 0 Å². The van der Waals surface area contributed by atoms with E-state index < -0.39 is 37.3 Å². The summed E-state index contributed by atoms with van der Waals surface area (Å²) in [5, 5.41) is 50.3. The van der Waals surface area contributed by atoms with E-state index in [9.17, 15) is 25.5 Å². The number of para-hydroxylation sites is 1. The Morgan fingerprint density at radius 1 is 0.931 bits per heavy atom. The lowest BCUT2D eigenvalue weighted by molar-refractivity contribution is -0.277. The first kappa shape index (κ1) is 19.6. The molecule has 2 heterocycles. The molecular weight excluding hydrogens is 380 g/mol. The molecule has 152 valence electrons. The van der Waals surface area contributed by atoms with Crippen molar-refractivity contribution in [1.29, 1.82) is 0 Å². The maximum absolute atomic E-state index is 10.4. The molecule has 29 heavy (non-hydrogen) atoms. The molecule has 5 atom stereocenters. The molecule has 1 saturated heterocycles. The highest BCUT2D eigenvalue weighted by Crippen LogP contribution is 2.35. The lowest BCUT2D eigenvalue weighted by Crippen LogP contribution is -2.60. The molecule has 1 aliphatic heterocycles. The summed E-state index contributed by atoms with van der Waals surface area (Å²) >= 11 is 0. The van der Waals surface area contributed by atoms with Gasteiger partial charge in [0.25, 0.3) is 0 Å². The van der Waals surface area contributed by atoms with Crippen LogP contribution in [0.25, 0.3) is 22.3 Å². The molecule has 2 aromatic carbocycles. The monoisotopic (exact) mass is 401 g/mol. The summed E-state index contributed by atoms with van der Waals surface area (Å²) in [5.41, 5.74) is 1.12. The number of aliphatic hydroxyl groups excluding tert-OH is 4. The van der Waals surface area contributed by atoms with Gasteiger partial charge in [-0.2, -0.15) is 0 Å². The van der Waals surface area contributed by atoms with Gasteiger partial charge in [-0.05, 0) is 24.3 Å². The number of hydrogen-bond acceptors (Lipinski definition) is 7. The SMILES string of the molecule is OC[C@H]1O[C@@H](Oc2cccc(-c3[o+]c4ccccc4cc3O)c2)[C@H](O)[C@@H](O)[C@@H]1O. The van der Waals surface area contributed by atoms with E-state index in [0.29, 0.717) is 11.1 Å². The van der Waals surface area contributed by atoms with E-state index in [4.69, 9.17) is 13.9 Å². The van der Waals surface area contributed by atoms with Gasteiger partial charge in [0.1, 0.15) is 30.2 Å². The molecule has 5 N–H and O–H groups in total. The second-order valence-electron chi connectivity index (χ2n) is 6.84. The third kappa shape index (κ3) is 3.76. The number of fused-ring (bicyclic) bond motifs is 1. The number of aliphatic hydroxyl groups is 4. The quantitative estimate of drug-likeness (QED) is 0.413. The molecule has 8 nitrogen and oxygen atoms in total. The Bertz CT molecular complexity index is 1000. The Kier molecular flexibility index (Phi) is 5.35. The fourth-order valence-corrected chi connectivity index (χ4v) is 3.28. The smallest absolute Gasteiger partial charge is 0.402 e. The van der Waals surface area contributed by atoms with Crippen LogP contribution in [0.2, 0.25) is 0 Å². The Labute approximate surface area is 165 Å². The minimum Gasteiger partial charge on any atom is -0.500 e. The molecule has 1 fully saturated rings. The van der Waals surface area contributed by atoms with E-state index in [1.807, 2.05) is 18.2 Å². The molecule has 4 rings (SSSR count). The summed E-state index contributed by atoms with van der Waals surface area (Å²) in [7, 11) is 0. The Hall–Kier alpha value is -2.75. The summed E-state index contributed by atoms with van der Waals surface area (Å²) in [5.74, 6) is 0.464. The Balaban J connectivity index is 1.62. The molecular formula is C21H21O8+. The van der Waals surface area contributed by atoms with Crippen molar-refractivity contribution in [3.8, 4) is 22.8 Å². The highest BCUT2D eigenvalue weighted by atomic mass is 16.7. The summed E-state index contributed by atoms with van der Waals surface area (Å²) in [6.07, 6.45) is -6.89. The Morgan fingerprint density at radius 3 is 2.52 bits per heavy atom. The summed E-state index contributed by atoms with van der Waals surface area (Å²) in [6.45, 7) is -0.547. The fraction of sp³-hybridized carbons (Fsp3) is 0.286. The highest BCUT2D eigenvalue weighted by Gasteiger charge is 2.44. The molecule has 0 unspecified atom stereocenters. The standard InChI is InChI=1S/C21H20O8/c22-10-16-17(24)18(25)19(26)21(29-16)27-13-6-3-5-12(8-13)20-14(23)9-11-4-1-2-7-15(11)28-20/h1-9,16-19,21-22,24-26H,10H2/p+1/t16-,17-,18+,19-,21-/m1/s1. The number of ether oxygens (including phenoxy) is 2. The molecule has 0 radical (unpaired) electrons. The normalized spacial score (nSPS) is 27.1. The van der Waals surface area contributed by atoms with Crippen LogP contribution in [0.5, 0.6) is 11.5 Å². The lowest BCUT2D eigenvalue weighted by atomic mass is 9.99. The molecule has 3 aromatic rings. The van der Waals surface area contributed by atoms with Crippen LogP contribution >= 0.6 is 0 Å². The number of benzene rings is 2. The fourth-order valence-electron chi connectivity index (χ4n) is 3.28. The average molecular weight is 401 g/mol. The largest absolute Gasteiger partial charge is 0.500 e. The van der Waals surface area contributed by atoms with E-state index in [-0.39, 0.29) is 17.3 Å². The van der Waals surface area contributed by atoms with Gasteiger partial charge in [-0.1, -0.05) is 18.2 Å². The van der Waals surface area contributed by atoms with Gasteiger partial charge in [0.15, 0.2) is 0 Å². The van der Waals surface area contributed by atoms with Crippen molar-refractivity contribution in [2.75, 3.05) is 6.61 Å². The summed E-state index contributed by atoms with van der Waals surface area (Å²) < 4.78 is 16.8. The minimum atomic E-state index is -1.53. The van der Waals surface area contributed by atoms with Gasteiger partial charge in [0.05, 0.1) is 17.6 Å². The van der Waals surface area contributed by atoms with Gasteiger partial charge in [0, 0.05) is 12.1 Å². The molecule has 1 aromatic heterocycles. The number of hydrogen-bond donors (Lipinski definition) is 5. The van der Waals surface area contributed by atoms with Crippen LogP contribution in [0.1, 0.15) is 0 Å². The third-order valence-corrected chi connectivity index (χ3v) is 4.85. The van der Waals surface area contributed by atoms with Gasteiger partial charge in [-0.15, -0.1) is 0 Å². The molecule has 0 aliphatic carbocycles. The molecule has 0 bridgehead atoms.